The summed E-state index contributed by atoms with van der Waals surface area (Å²) in [5.41, 5.74) is 2.87. The van der Waals surface area contributed by atoms with Crippen LogP contribution >= 0.6 is 0 Å². The number of nitrogens with zero attached hydrogens (tertiary/aromatic N) is 4. The molecule has 7 nitrogen and oxygen atoms in total. The number of methoxy groups -OCH3 is 1. The van der Waals surface area contributed by atoms with Crippen molar-refractivity contribution >= 4 is 10.9 Å². The summed E-state index contributed by atoms with van der Waals surface area (Å²) in [5.74, 6) is 0.682. The molecule has 0 saturated carbocycles. The number of pyridine rings is 1. The van der Waals surface area contributed by atoms with Gasteiger partial charge in [0.25, 0.3) is 5.56 Å². The van der Waals surface area contributed by atoms with Crippen molar-refractivity contribution in [2.75, 3.05) is 7.11 Å². The van der Waals surface area contributed by atoms with Gasteiger partial charge in [-0.05, 0) is 58.7 Å². The fourth-order valence-electron chi connectivity index (χ4n) is 4.67. The number of nitriles is 1. The minimum atomic E-state index is -1.56. The van der Waals surface area contributed by atoms with Gasteiger partial charge in [-0.25, -0.2) is 4.98 Å². The SMILES string of the molecule is COc1cccc(-c2cc(=O)n(C)c3ccc([C@](O)(c4ccc(C#N)cc4)c4cncn4C)cc23)c1. The van der Waals surface area contributed by atoms with E-state index in [9.17, 15) is 15.2 Å². The molecule has 5 rings (SSSR count). The van der Waals surface area contributed by atoms with Crippen molar-refractivity contribution in [2.45, 2.75) is 5.60 Å². The van der Waals surface area contributed by atoms with E-state index in [1.54, 1.807) is 66.1 Å². The van der Waals surface area contributed by atoms with E-state index in [0.29, 0.717) is 28.1 Å². The number of aliphatic hydroxyl groups is 1. The third kappa shape index (κ3) is 3.65. The Labute approximate surface area is 208 Å². The van der Waals surface area contributed by atoms with Crippen LogP contribution in [0.25, 0.3) is 22.0 Å². The highest BCUT2D eigenvalue weighted by atomic mass is 16.5. The lowest BCUT2D eigenvalue weighted by Gasteiger charge is -2.30. The van der Waals surface area contributed by atoms with Crippen molar-refractivity contribution in [3.05, 3.63) is 118 Å². The zero-order chi connectivity index (χ0) is 25.4. The Morgan fingerprint density at radius 1 is 1.00 bits per heavy atom. The van der Waals surface area contributed by atoms with Crippen LogP contribution in [0.3, 0.4) is 0 Å². The quantitative estimate of drug-likeness (QED) is 0.412. The molecule has 2 heterocycles. The number of benzene rings is 3. The first-order chi connectivity index (χ1) is 17.4. The number of imidazole rings is 1. The van der Waals surface area contributed by atoms with Gasteiger partial charge in [-0.15, -0.1) is 0 Å². The Bertz CT molecular complexity index is 1690. The van der Waals surface area contributed by atoms with Crippen molar-refractivity contribution in [3.63, 3.8) is 0 Å². The molecule has 178 valence electrons. The second kappa shape index (κ2) is 8.84. The summed E-state index contributed by atoms with van der Waals surface area (Å²) in [6.45, 7) is 0. The van der Waals surface area contributed by atoms with E-state index < -0.39 is 5.60 Å². The van der Waals surface area contributed by atoms with Crippen molar-refractivity contribution in [2.24, 2.45) is 14.1 Å². The lowest BCUT2D eigenvalue weighted by molar-refractivity contribution is 0.117. The highest BCUT2D eigenvalue weighted by Gasteiger charge is 2.37. The zero-order valence-corrected chi connectivity index (χ0v) is 20.1. The van der Waals surface area contributed by atoms with Crippen LogP contribution in [0, 0.1) is 11.3 Å². The molecule has 0 amide bonds. The van der Waals surface area contributed by atoms with E-state index in [0.717, 1.165) is 22.0 Å². The lowest BCUT2D eigenvalue weighted by atomic mass is 9.82. The molecule has 0 radical (unpaired) electrons. The summed E-state index contributed by atoms with van der Waals surface area (Å²) in [7, 11) is 5.15. The molecule has 0 aliphatic heterocycles. The molecule has 1 atom stereocenters. The van der Waals surface area contributed by atoms with Crippen molar-refractivity contribution in [1.29, 1.82) is 5.26 Å². The molecule has 0 aliphatic rings. The number of aromatic nitrogens is 3. The van der Waals surface area contributed by atoms with Gasteiger partial charge in [0.05, 0.1) is 42.5 Å². The monoisotopic (exact) mass is 476 g/mol. The summed E-state index contributed by atoms with van der Waals surface area (Å²) >= 11 is 0. The summed E-state index contributed by atoms with van der Waals surface area (Å²) in [4.78, 5) is 17.1. The molecular formula is C29H24N4O3. The minimum Gasteiger partial charge on any atom is -0.497 e. The predicted octanol–water partition coefficient (Wildman–Crippen LogP) is 4.10. The Morgan fingerprint density at radius 3 is 2.42 bits per heavy atom. The fourth-order valence-corrected chi connectivity index (χ4v) is 4.67. The van der Waals surface area contributed by atoms with E-state index in [4.69, 9.17) is 4.74 Å². The molecule has 3 aromatic carbocycles. The van der Waals surface area contributed by atoms with E-state index in [1.165, 1.54) is 0 Å². The van der Waals surface area contributed by atoms with Gasteiger partial charge in [-0.2, -0.15) is 5.26 Å². The first kappa shape index (κ1) is 23.1. The molecule has 2 aromatic heterocycles. The van der Waals surface area contributed by atoms with Gasteiger partial charge in [0.2, 0.25) is 0 Å². The molecule has 36 heavy (non-hydrogen) atoms. The van der Waals surface area contributed by atoms with E-state index >= 15 is 0 Å². The van der Waals surface area contributed by atoms with Gasteiger partial charge in [-0.3, -0.25) is 4.79 Å². The number of fused-ring (bicyclic) bond motifs is 1. The van der Waals surface area contributed by atoms with E-state index in [-0.39, 0.29) is 5.56 Å². The summed E-state index contributed by atoms with van der Waals surface area (Å²) < 4.78 is 8.76. The predicted molar refractivity (Wildman–Crippen MR) is 138 cm³/mol. The lowest BCUT2D eigenvalue weighted by Crippen LogP contribution is -2.31. The third-order valence-corrected chi connectivity index (χ3v) is 6.66. The van der Waals surface area contributed by atoms with Gasteiger partial charge in [-0.1, -0.05) is 30.3 Å². The third-order valence-electron chi connectivity index (χ3n) is 6.66. The molecule has 7 heteroatoms. The van der Waals surface area contributed by atoms with Crippen LogP contribution in [-0.4, -0.2) is 26.3 Å². The molecule has 0 spiro atoms. The topological polar surface area (TPSA) is 93.1 Å². The number of rotatable bonds is 5. The summed E-state index contributed by atoms with van der Waals surface area (Å²) in [5, 5.41) is 22.4. The molecule has 0 aliphatic carbocycles. The zero-order valence-electron chi connectivity index (χ0n) is 20.1. The van der Waals surface area contributed by atoms with Crippen molar-refractivity contribution in [1.82, 2.24) is 14.1 Å². The highest BCUT2D eigenvalue weighted by Crippen LogP contribution is 2.39. The summed E-state index contributed by atoms with van der Waals surface area (Å²) in [6.07, 6.45) is 3.27. The maximum absolute atomic E-state index is 12.8. The standard InChI is InChI=1S/C29H24N4O3/c1-32-18-31-17-27(32)29(35,21-9-7-19(16-30)8-10-21)22-11-12-26-25(14-22)24(15-28(34)33(26)2)20-5-4-6-23(13-20)36-3/h4-15,17-18,35H,1-3H3/t29-/m1/s1. The number of hydrogen-bond donors (Lipinski definition) is 1. The van der Waals surface area contributed by atoms with Gasteiger partial charge in [0.1, 0.15) is 5.75 Å². The van der Waals surface area contributed by atoms with Gasteiger partial charge in [0.15, 0.2) is 5.60 Å². The van der Waals surface area contributed by atoms with Crippen LogP contribution < -0.4 is 10.3 Å². The Balaban J connectivity index is 1.82. The molecule has 0 bridgehead atoms. The van der Waals surface area contributed by atoms with Crippen LogP contribution in [0.5, 0.6) is 5.75 Å². The molecule has 0 saturated heterocycles. The van der Waals surface area contributed by atoms with Crippen LogP contribution in [-0.2, 0) is 19.7 Å². The fraction of sp³-hybridized carbons (Fsp3) is 0.138. The van der Waals surface area contributed by atoms with E-state index in [1.807, 2.05) is 49.5 Å². The van der Waals surface area contributed by atoms with Gasteiger partial charge in [0, 0.05) is 25.5 Å². The molecule has 0 fully saturated rings. The second-order valence-corrected chi connectivity index (χ2v) is 8.71. The van der Waals surface area contributed by atoms with E-state index in [2.05, 4.69) is 11.1 Å². The largest absolute Gasteiger partial charge is 0.497 e. The molecule has 0 unspecified atom stereocenters. The first-order valence-electron chi connectivity index (χ1n) is 11.4. The maximum atomic E-state index is 12.8. The Hall–Kier alpha value is -4.67. The minimum absolute atomic E-state index is 0.137. The highest BCUT2D eigenvalue weighted by molar-refractivity contribution is 5.95. The normalized spacial score (nSPS) is 12.8. The van der Waals surface area contributed by atoms with Crippen molar-refractivity contribution in [3.8, 4) is 22.9 Å². The molecule has 1 N–H and O–H groups in total. The number of ether oxygens (including phenoxy) is 1. The average Bonchev–Trinajstić information content (AvgIpc) is 3.36. The molecule has 5 aromatic rings. The number of aryl methyl sites for hydroxylation is 2. The first-order valence-corrected chi connectivity index (χ1v) is 11.4. The van der Waals surface area contributed by atoms with Crippen LogP contribution in [0.15, 0.2) is 90.1 Å². The number of hydrogen-bond acceptors (Lipinski definition) is 5. The van der Waals surface area contributed by atoms with Crippen LogP contribution in [0.1, 0.15) is 22.4 Å². The van der Waals surface area contributed by atoms with Crippen LogP contribution in [0.4, 0.5) is 0 Å². The molecular weight excluding hydrogens is 452 g/mol. The summed E-state index contributed by atoms with van der Waals surface area (Å²) in [6, 6.07) is 23.7. The Morgan fingerprint density at radius 2 is 1.75 bits per heavy atom. The van der Waals surface area contributed by atoms with Gasteiger partial charge < -0.3 is 19.0 Å². The van der Waals surface area contributed by atoms with Crippen molar-refractivity contribution < 1.29 is 9.84 Å². The average molecular weight is 477 g/mol. The maximum Gasteiger partial charge on any atom is 0.251 e. The van der Waals surface area contributed by atoms with Crippen LogP contribution in [0.2, 0.25) is 0 Å². The second-order valence-electron chi connectivity index (χ2n) is 8.71. The Kier molecular flexibility index (Phi) is 5.67. The smallest absolute Gasteiger partial charge is 0.251 e. The van der Waals surface area contributed by atoms with Gasteiger partial charge >= 0.3 is 0 Å².